The minimum absolute atomic E-state index is 0.0338. The molecule has 0 fully saturated rings. The number of hydrogen-bond acceptors (Lipinski definition) is 3. The van der Waals surface area contributed by atoms with Crippen molar-refractivity contribution in [2.75, 3.05) is 11.1 Å². The lowest BCUT2D eigenvalue weighted by molar-refractivity contribution is -0.136. The maximum atomic E-state index is 13.0. The second-order valence-electron chi connectivity index (χ2n) is 5.11. The molecular formula is C13H14ClF3N2S. The van der Waals surface area contributed by atoms with Crippen LogP contribution in [0.2, 0.25) is 5.02 Å². The van der Waals surface area contributed by atoms with E-state index in [-0.39, 0.29) is 16.2 Å². The van der Waals surface area contributed by atoms with Crippen molar-refractivity contribution in [3.05, 3.63) is 28.8 Å². The van der Waals surface area contributed by atoms with Crippen molar-refractivity contribution < 1.29 is 13.2 Å². The van der Waals surface area contributed by atoms with Gasteiger partial charge in [-0.15, -0.1) is 0 Å². The molecule has 1 aliphatic heterocycles. The third kappa shape index (κ3) is 3.61. The molecule has 0 spiro atoms. The molecule has 0 radical (unpaired) electrons. The van der Waals surface area contributed by atoms with Crippen molar-refractivity contribution >= 4 is 34.2 Å². The van der Waals surface area contributed by atoms with Crippen LogP contribution < -0.4 is 5.32 Å². The highest BCUT2D eigenvalue weighted by Crippen LogP contribution is 2.39. The Balaban J connectivity index is 2.37. The van der Waals surface area contributed by atoms with Crippen LogP contribution in [-0.2, 0) is 6.18 Å². The monoisotopic (exact) mass is 322 g/mol. The van der Waals surface area contributed by atoms with Gasteiger partial charge in [0.15, 0.2) is 5.17 Å². The quantitative estimate of drug-likeness (QED) is 0.783. The Morgan fingerprint density at radius 1 is 1.35 bits per heavy atom. The molecule has 0 saturated carbocycles. The predicted molar refractivity (Wildman–Crippen MR) is 78.7 cm³/mol. The predicted octanol–water partition coefficient (Wildman–Crippen LogP) is 5.04. The molecule has 7 heteroatoms. The van der Waals surface area contributed by atoms with Crippen LogP contribution in [0.15, 0.2) is 23.2 Å². The maximum absolute atomic E-state index is 13.0. The minimum atomic E-state index is -4.46. The van der Waals surface area contributed by atoms with E-state index in [0.29, 0.717) is 5.17 Å². The normalized spacial score (nSPS) is 18.6. The molecule has 2 rings (SSSR count). The van der Waals surface area contributed by atoms with E-state index in [0.717, 1.165) is 18.2 Å². The fraction of sp³-hybridized carbons (Fsp3) is 0.462. The average Bonchev–Trinajstić information content (AvgIpc) is 2.29. The number of rotatable bonds is 1. The van der Waals surface area contributed by atoms with E-state index in [1.165, 1.54) is 23.9 Å². The van der Waals surface area contributed by atoms with Gasteiger partial charge >= 0.3 is 6.18 Å². The minimum Gasteiger partial charge on any atom is -0.333 e. The van der Waals surface area contributed by atoms with Crippen LogP contribution >= 0.6 is 23.4 Å². The van der Waals surface area contributed by atoms with E-state index in [2.05, 4.69) is 10.3 Å². The van der Waals surface area contributed by atoms with Crippen LogP contribution in [-0.4, -0.2) is 16.5 Å². The molecule has 110 valence electrons. The molecule has 0 saturated heterocycles. The maximum Gasteiger partial charge on any atom is 0.418 e. The lowest BCUT2D eigenvalue weighted by Gasteiger charge is -2.27. The molecule has 1 N–H and O–H groups in total. The van der Waals surface area contributed by atoms with Gasteiger partial charge in [0.2, 0.25) is 0 Å². The Bertz CT molecular complexity index is 541. The van der Waals surface area contributed by atoms with Gasteiger partial charge in [-0.1, -0.05) is 29.4 Å². The fourth-order valence-corrected chi connectivity index (χ4v) is 3.32. The number of hydrogen-bond donors (Lipinski definition) is 1. The van der Waals surface area contributed by atoms with Crippen LogP contribution in [0.5, 0.6) is 0 Å². The van der Waals surface area contributed by atoms with Crippen molar-refractivity contribution in [3.63, 3.8) is 0 Å². The summed E-state index contributed by atoms with van der Waals surface area (Å²) in [7, 11) is 0. The molecule has 0 aromatic heterocycles. The van der Waals surface area contributed by atoms with Crippen molar-refractivity contribution in [2.24, 2.45) is 4.99 Å². The van der Waals surface area contributed by atoms with Crippen molar-refractivity contribution in [1.82, 2.24) is 0 Å². The topological polar surface area (TPSA) is 24.4 Å². The standard InChI is InChI=1S/C13H14ClF3N2S/c1-12(2)6-7-20-11(19-12)18-10-8(13(15,16)17)4-3-5-9(10)14/h3-5H,6-7H2,1-2H3,(H,18,19). The first-order valence-corrected chi connectivity index (χ1v) is 7.41. The van der Waals surface area contributed by atoms with E-state index >= 15 is 0 Å². The Kier molecular flexibility index (Phi) is 4.25. The van der Waals surface area contributed by atoms with Gasteiger partial charge < -0.3 is 5.32 Å². The summed E-state index contributed by atoms with van der Waals surface area (Å²) in [6, 6.07) is 3.72. The SMILES string of the molecule is CC1(C)CCSC(Nc2c(Cl)cccc2C(F)(F)F)=N1. The number of anilines is 1. The van der Waals surface area contributed by atoms with E-state index in [1.54, 1.807) is 0 Å². The number of aliphatic imine (C=N–C) groups is 1. The number of nitrogens with one attached hydrogen (secondary N) is 1. The van der Waals surface area contributed by atoms with Crippen LogP contribution in [0.25, 0.3) is 0 Å². The van der Waals surface area contributed by atoms with Gasteiger partial charge in [-0.2, -0.15) is 13.2 Å². The molecule has 1 aromatic carbocycles. The first-order valence-electron chi connectivity index (χ1n) is 6.04. The Labute approximate surface area is 124 Å². The summed E-state index contributed by atoms with van der Waals surface area (Å²) >= 11 is 7.30. The lowest BCUT2D eigenvalue weighted by atomic mass is 10.0. The molecule has 0 aliphatic carbocycles. The highest BCUT2D eigenvalue weighted by Gasteiger charge is 2.35. The fourth-order valence-electron chi connectivity index (χ4n) is 1.82. The summed E-state index contributed by atoms with van der Waals surface area (Å²) in [5.74, 6) is 0.810. The van der Waals surface area contributed by atoms with Crippen LogP contribution in [0.1, 0.15) is 25.8 Å². The second-order valence-corrected chi connectivity index (χ2v) is 6.60. The number of nitrogens with zero attached hydrogens (tertiary/aromatic N) is 1. The molecule has 0 amide bonds. The Morgan fingerprint density at radius 2 is 2.05 bits per heavy atom. The summed E-state index contributed by atoms with van der Waals surface area (Å²) in [4.78, 5) is 4.42. The Hall–Kier alpha value is -0.880. The number of benzene rings is 1. The highest BCUT2D eigenvalue weighted by molar-refractivity contribution is 8.14. The number of halogens is 4. The van der Waals surface area contributed by atoms with Crippen LogP contribution in [0.4, 0.5) is 18.9 Å². The van der Waals surface area contributed by atoms with E-state index in [1.807, 2.05) is 13.8 Å². The first kappa shape index (κ1) is 15.5. The van der Waals surface area contributed by atoms with E-state index in [9.17, 15) is 13.2 Å². The van der Waals surface area contributed by atoms with E-state index < -0.39 is 11.7 Å². The molecule has 2 nitrogen and oxygen atoms in total. The summed E-state index contributed by atoms with van der Waals surface area (Å²) in [5.41, 5.74) is -1.19. The molecule has 20 heavy (non-hydrogen) atoms. The van der Waals surface area contributed by atoms with Crippen molar-refractivity contribution in [1.29, 1.82) is 0 Å². The van der Waals surface area contributed by atoms with Gasteiger partial charge in [0.25, 0.3) is 0 Å². The molecule has 0 unspecified atom stereocenters. The first-order chi connectivity index (χ1) is 9.19. The number of amidine groups is 1. The number of para-hydroxylation sites is 1. The van der Waals surface area contributed by atoms with Gasteiger partial charge in [0, 0.05) is 5.75 Å². The average molecular weight is 323 g/mol. The smallest absolute Gasteiger partial charge is 0.333 e. The molecule has 0 atom stereocenters. The van der Waals surface area contributed by atoms with Gasteiger partial charge in [-0.25, -0.2) is 0 Å². The number of thioether (sulfide) groups is 1. The van der Waals surface area contributed by atoms with Gasteiger partial charge in [0.1, 0.15) is 0 Å². The highest BCUT2D eigenvalue weighted by atomic mass is 35.5. The summed E-state index contributed by atoms with van der Waals surface area (Å²) < 4.78 is 39.0. The van der Waals surface area contributed by atoms with Gasteiger partial charge in [0.05, 0.1) is 21.8 Å². The number of alkyl halides is 3. The van der Waals surface area contributed by atoms with E-state index in [4.69, 9.17) is 11.6 Å². The summed E-state index contributed by atoms with van der Waals surface area (Å²) in [5, 5.41) is 3.25. The molecule has 1 aliphatic rings. The zero-order chi connectivity index (χ0) is 15.0. The zero-order valence-corrected chi connectivity index (χ0v) is 12.6. The Morgan fingerprint density at radius 3 is 2.65 bits per heavy atom. The molecule has 1 heterocycles. The summed E-state index contributed by atoms with van der Waals surface area (Å²) in [6.45, 7) is 3.90. The van der Waals surface area contributed by atoms with Crippen molar-refractivity contribution in [2.45, 2.75) is 32.0 Å². The molecular weight excluding hydrogens is 309 g/mol. The van der Waals surface area contributed by atoms with Crippen LogP contribution in [0, 0.1) is 0 Å². The second kappa shape index (κ2) is 5.48. The molecule has 1 aromatic rings. The third-order valence-electron chi connectivity index (χ3n) is 2.91. The molecule has 0 bridgehead atoms. The lowest BCUT2D eigenvalue weighted by Crippen LogP contribution is -2.27. The third-order valence-corrected chi connectivity index (χ3v) is 4.10. The van der Waals surface area contributed by atoms with Crippen molar-refractivity contribution in [3.8, 4) is 0 Å². The van der Waals surface area contributed by atoms with Gasteiger partial charge in [-0.3, -0.25) is 4.99 Å². The van der Waals surface area contributed by atoms with Gasteiger partial charge in [-0.05, 0) is 32.4 Å². The summed E-state index contributed by atoms with van der Waals surface area (Å²) in [6.07, 6.45) is -3.57. The largest absolute Gasteiger partial charge is 0.418 e. The van der Waals surface area contributed by atoms with Crippen LogP contribution in [0.3, 0.4) is 0 Å². The zero-order valence-electron chi connectivity index (χ0n) is 11.0.